The van der Waals surface area contributed by atoms with E-state index in [2.05, 4.69) is 44.6 Å². The molecular formula is C18H31NO2Si. The van der Waals surface area contributed by atoms with Crippen molar-refractivity contribution in [2.75, 3.05) is 6.54 Å². The molecule has 0 aliphatic carbocycles. The van der Waals surface area contributed by atoms with Gasteiger partial charge in [0, 0.05) is 6.54 Å². The maximum atomic E-state index is 12.5. The van der Waals surface area contributed by atoms with Crippen molar-refractivity contribution < 1.29 is 9.53 Å². The van der Waals surface area contributed by atoms with E-state index >= 15 is 0 Å². The third-order valence-corrected chi connectivity index (χ3v) is 4.36. The van der Waals surface area contributed by atoms with Crippen LogP contribution in [-0.4, -0.2) is 37.3 Å². The smallest absolute Gasteiger partial charge is 0.410 e. The topological polar surface area (TPSA) is 29.5 Å². The molecule has 0 aromatic rings. The van der Waals surface area contributed by atoms with Crippen LogP contribution in [0.25, 0.3) is 0 Å². The molecule has 1 saturated heterocycles. The summed E-state index contributed by atoms with van der Waals surface area (Å²) in [5, 5.41) is 0. The van der Waals surface area contributed by atoms with Crippen molar-refractivity contribution in [1.29, 1.82) is 0 Å². The minimum Gasteiger partial charge on any atom is -0.444 e. The highest BCUT2D eigenvalue weighted by molar-refractivity contribution is 6.83. The van der Waals surface area contributed by atoms with E-state index < -0.39 is 13.7 Å². The molecule has 4 heteroatoms. The summed E-state index contributed by atoms with van der Waals surface area (Å²) in [6, 6.07) is 0.0752. The number of nitrogens with zero attached hydrogens (tertiary/aromatic N) is 1. The van der Waals surface area contributed by atoms with Crippen molar-refractivity contribution in [3.05, 3.63) is 12.7 Å². The van der Waals surface area contributed by atoms with E-state index in [4.69, 9.17) is 4.74 Å². The van der Waals surface area contributed by atoms with E-state index in [1.54, 1.807) is 0 Å². The maximum Gasteiger partial charge on any atom is 0.410 e. The molecule has 0 aromatic heterocycles. The first-order valence-corrected chi connectivity index (χ1v) is 11.6. The molecule has 22 heavy (non-hydrogen) atoms. The minimum atomic E-state index is -1.44. The molecule has 3 nitrogen and oxygen atoms in total. The van der Waals surface area contributed by atoms with Crippen LogP contribution in [0, 0.1) is 23.3 Å². The van der Waals surface area contributed by atoms with Gasteiger partial charge in [-0.05, 0) is 33.1 Å². The molecule has 3 atom stereocenters. The lowest BCUT2D eigenvalue weighted by Gasteiger charge is -2.30. The number of rotatable bonds is 2. The van der Waals surface area contributed by atoms with E-state index in [-0.39, 0.29) is 18.1 Å². The molecule has 0 radical (unpaired) electrons. The quantitative estimate of drug-likeness (QED) is 0.431. The maximum absolute atomic E-state index is 12.5. The first-order valence-electron chi connectivity index (χ1n) is 8.08. The van der Waals surface area contributed by atoms with Crippen molar-refractivity contribution in [3.8, 4) is 11.5 Å². The number of carbonyl (C=O) groups excluding carboxylic acids is 1. The highest BCUT2D eigenvalue weighted by atomic mass is 28.3. The van der Waals surface area contributed by atoms with Crippen LogP contribution < -0.4 is 0 Å². The Balaban J connectivity index is 2.95. The Hall–Kier alpha value is -1.21. The number of ether oxygens (including phenoxy) is 1. The lowest BCUT2D eigenvalue weighted by atomic mass is 9.96. The number of carbonyl (C=O) groups is 1. The standard InChI is InChI=1S/C18H31NO2Si/c1-9-15(10-11-22(6,7)8)16-12-14(2)13-19(16)17(20)21-18(3,4)5/h9,14-16H,1,12-13H2,2-8H3/t14-,15?,16+/m1/s1. The summed E-state index contributed by atoms with van der Waals surface area (Å²) in [5.74, 6) is 3.85. The molecule has 1 rings (SSSR count). The van der Waals surface area contributed by atoms with Crippen molar-refractivity contribution in [3.63, 3.8) is 0 Å². The molecule has 1 aliphatic rings. The van der Waals surface area contributed by atoms with E-state index in [1.165, 1.54) is 0 Å². The van der Waals surface area contributed by atoms with Gasteiger partial charge in [-0.1, -0.05) is 32.6 Å². The molecule has 0 N–H and O–H groups in total. The van der Waals surface area contributed by atoms with E-state index in [1.807, 2.05) is 31.7 Å². The van der Waals surface area contributed by atoms with Gasteiger partial charge in [0.1, 0.15) is 13.7 Å². The van der Waals surface area contributed by atoms with E-state index in [0.29, 0.717) is 5.92 Å². The van der Waals surface area contributed by atoms with Crippen LogP contribution in [0.5, 0.6) is 0 Å². The fraction of sp³-hybridized carbons (Fsp3) is 0.722. The van der Waals surface area contributed by atoms with Crippen molar-refractivity contribution in [1.82, 2.24) is 4.90 Å². The summed E-state index contributed by atoms with van der Waals surface area (Å²) in [7, 11) is -1.44. The summed E-state index contributed by atoms with van der Waals surface area (Å²) in [6.07, 6.45) is 2.60. The first kappa shape index (κ1) is 18.8. The highest BCUT2D eigenvalue weighted by Gasteiger charge is 2.38. The van der Waals surface area contributed by atoms with Gasteiger partial charge in [-0.15, -0.1) is 18.0 Å². The van der Waals surface area contributed by atoms with Gasteiger partial charge in [-0.25, -0.2) is 4.79 Å². The second-order valence-corrected chi connectivity index (χ2v) is 13.1. The van der Waals surface area contributed by atoms with Gasteiger partial charge in [-0.3, -0.25) is 0 Å². The molecule has 0 spiro atoms. The zero-order valence-corrected chi connectivity index (χ0v) is 16.2. The Morgan fingerprint density at radius 1 is 1.41 bits per heavy atom. The van der Waals surface area contributed by atoms with Crippen LogP contribution in [0.3, 0.4) is 0 Å². The number of likely N-dealkylation sites (tertiary alicyclic amines) is 1. The van der Waals surface area contributed by atoms with Crippen LogP contribution in [0.15, 0.2) is 12.7 Å². The normalized spacial score (nSPS) is 23.5. The molecule has 0 aromatic carbocycles. The van der Waals surface area contributed by atoms with Gasteiger partial charge in [0.15, 0.2) is 0 Å². The monoisotopic (exact) mass is 321 g/mol. The van der Waals surface area contributed by atoms with Gasteiger partial charge in [0.2, 0.25) is 0 Å². The van der Waals surface area contributed by atoms with Crippen LogP contribution >= 0.6 is 0 Å². The molecular weight excluding hydrogens is 290 g/mol. The third kappa shape index (κ3) is 5.88. The molecule has 1 amide bonds. The van der Waals surface area contributed by atoms with Crippen molar-refractivity contribution in [2.24, 2.45) is 11.8 Å². The lowest BCUT2D eigenvalue weighted by Crippen LogP contribution is -2.42. The van der Waals surface area contributed by atoms with E-state index in [0.717, 1.165) is 13.0 Å². The fourth-order valence-corrected chi connectivity index (χ4v) is 3.17. The molecule has 124 valence electrons. The average molecular weight is 322 g/mol. The van der Waals surface area contributed by atoms with Crippen LogP contribution in [0.4, 0.5) is 4.79 Å². The third-order valence-electron chi connectivity index (χ3n) is 3.46. The van der Waals surface area contributed by atoms with Gasteiger partial charge in [0.25, 0.3) is 0 Å². The fourth-order valence-electron chi connectivity index (χ4n) is 2.57. The molecule has 0 saturated carbocycles. The summed E-state index contributed by atoms with van der Waals surface area (Å²) < 4.78 is 5.55. The SMILES string of the molecule is C=CC(C#C[Si](C)(C)C)[C@@H]1C[C@@H](C)CN1C(=O)OC(C)(C)C. The summed E-state index contributed by atoms with van der Waals surface area (Å²) in [6.45, 7) is 19.2. The Bertz CT molecular complexity index is 476. The van der Waals surface area contributed by atoms with Gasteiger partial charge >= 0.3 is 6.09 Å². The number of hydrogen-bond donors (Lipinski definition) is 0. The van der Waals surface area contributed by atoms with Gasteiger partial charge < -0.3 is 9.64 Å². The summed E-state index contributed by atoms with van der Waals surface area (Å²) >= 11 is 0. The second-order valence-electron chi connectivity index (χ2n) is 8.32. The minimum absolute atomic E-state index is 0.0178. The molecule has 1 heterocycles. The second kappa shape index (κ2) is 6.91. The Kier molecular flexibility index (Phi) is 5.92. The van der Waals surface area contributed by atoms with Crippen LogP contribution in [-0.2, 0) is 4.74 Å². The number of amides is 1. The summed E-state index contributed by atoms with van der Waals surface area (Å²) in [5.41, 5.74) is 2.94. The van der Waals surface area contributed by atoms with Crippen LogP contribution in [0.1, 0.15) is 34.1 Å². The Morgan fingerprint density at radius 2 is 2.00 bits per heavy atom. The van der Waals surface area contributed by atoms with Crippen LogP contribution in [0.2, 0.25) is 19.6 Å². The average Bonchev–Trinajstić information content (AvgIpc) is 2.68. The predicted octanol–water partition coefficient (Wildman–Crippen LogP) is 4.31. The van der Waals surface area contributed by atoms with Crippen molar-refractivity contribution in [2.45, 2.75) is 65.4 Å². The molecule has 1 fully saturated rings. The summed E-state index contributed by atoms with van der Waals surface area (Å²) in [4.78, 5) is 14.3. The van der Waals surface area contributed by atoms with Crippen molar-refractivity contribution >= 4 is 14.2 Å². The predicted molar refractivity (Wildman–Crippen MR) is 95.3 cm³/mol. The Labute approximate surface area is 137 Å². The number of hydrogen-bond acceptors (Lipinski definition) is 2. The Morgan fingerprint density at radius 3 is 2.45 bits per heavy atom. The first-order chi connectivity index (χ1) is 9.93. The van der Waals surface area contributed by atoms with Gasteiger partial charge in [-0.2, -0.15) is 0 Å². The highest BCUT2D eigenvalue weighted by Crippen LogP contribution is 2.30. The lowest BCUT2D eigenvalue weighted by molar-refractivity contribution is 0.0207. The van der Waals surface area contributed by atoms with Gasteiger partial charge in [0.05, 0.1) is 12.0 Å². The molecule has 1 unspecified atom stereocenters. The zero-order chi connectivity index (χ0) is 17.1. The largest absolute Gasteiger partial charge is 0.444 e. The molecule has 1 aliphatic heterocycles. The van der Waals surface area contributed by atoms with E-state index in [9.17, 15) is 4.79 Å². The molecule has 0 bridgehead atoms. The zero-order valence-electron chi connectivity index (χ0n) is 15.2.